The molecule has 0 spiro atoms. The lowest BCUT2D eigenvalue weighted by molar-refractivity contribution is -0.0260. The number of hydrogen-bond acceptors (Lipinski definition) is 3. The summed E-state index contributed by atoms with van der Waals surface area (Å²) in [5, 5.41) is 0. The molecule has 2 rings (SSSR count). The Kier molecular flexibility index (Phi) is 3.88. The molecule has 1 heterocycles. The van der Waals surface area contributed by atoms with Gasteiger partial charge in [-0.05, 0) is 17.7 Å². The number of hydrogen-bond donors (Lipinski definition) is 1. The molecule has 1 unspecified atom stereocenters. The number of ether oxygens (including phenoxy) is 1. The maximum absolute atomic E-state index is 13.0. The van der Waals surface area contributed by atoms with E-state index < -0.39 is 0 Å². The molecule has 0 amide bonds. The van der Waals surface area contributed by atoms with Crippen LogP contribution in [-0.4, -0.2) is 37.2 Å². The van der Waals surface area contributed by atoms with E-state index in [0.29, 0.717) is 13.2 Å². The Hall–Kier alpha value is -0.970. The molecule has 16 heavy (non-hydrogen) atoms. The highest BCUT2D eigenvalue weighted by atomic mass is 19.1. The van der Waals surface area contributed by atoms with E-state index in [4.69, 9.17) is 10.5 Å². The van der Waals surface area contributed by atoms with Gasteiger partial charge < -0.3 is 10.5 Å². The van der Waals surface area contributed by atoms with E-state index in [-0.39, 0.29) is 11.9 Å². The minimum Gasteiger partial charge on any atom is -0.374 e. The third-order valence-electron chi connectivity index (χ3n) is 2.78. The Morgan fingerprint density at radius 3 is 3.12 bits per heavy atom. The lowest BCUT2D eigenvalue weighted by atomic mass is 10.2. The van der Waals surface area contributed by atoms with Gasteiger partial charge in [0.25, 0.3) is 0 Å². The minimum atomic E-state index is -0.180. The van der Waals surface area contributed by atoms with Crippen LogP contribution in [0, 0.1) is 5.82 Å². The highest BCUT2D eigenvalue weighted by Crippen LogP contribution is 2.11. The van der Waals surface area contributed by atoms with Gasteiger partial charge in [-0.2, -0.15) is 0 Å². The van der Waals surface area contributed by atoms with Crippen molar-refractivity contribution in [3.63, 3.8) is 0 Å². The SMILES string of the molecule is NCC1CN(Cc2cccc(F)c2)CCO1. The predicted molar refractivity (Wildman–Crippen MR) is 60.5 cm³/mol. The molecule has 2 N–H and O–H groups in total. The van der Waals surface area contributed by atoms with Crippen LogP contribution in [0.3, 0.4) is 0 Å². The summed E-state index contributed by atoms with van der Waals surface area (Å²) < 4.78 is 18.5. The third-order valence-corrected chi connectivity index (χ3v) is 2.78. The molecule has 3 nitrogen and oxygen atoms in total. The van der Waals surface area contributed by atoms with Gasteiger partial charge in [0.2, 0.25) is 0 Å². The van der Waals surface area contributed by atoms with Gasteiger partial charge in [0.05, 0.1) is 12.7 Å². The topological polar surface area (TPSA) is 38.5 Å². The molecular formula is C12H17FN2O. The van der Waals surface area contributed by atoms with Gasteiger partial charge in [-0.3, -0.25) is 4.90 Å². The third kappa shape index (κ3) is 3.01. The fourth-order valence-corrected chi connectivity index (χ4v) is 1.96. The number of rotatable bonds is 3. The smallest absolute Gasteiger partial charge is 0.123 e. The van der Waals surface area contributed by atoms with Crippen molar-refractivity contribution >= 4 is 0 Å². The summed E-state index contributed by atoms with van der Waals surface area (Å²) in [6, 6.07) is 6.72. The van der Waals surface area contributed by atoms with Crippen LogP contribution in [0.1, 0.15) is 5.56 Å². The van der Waals surface area contributed by atoms with Gasteiger partial charge in [0, 0.05) is 26.2 Å². The van der Waals surface area contributed by atoms with Crippen molar-refractivity contribution in [1.82, 2.24) is 4.90 Å². The van der Waals surface area contributed by atoms with Gasteiger partial charge in [-0.25, -0.2) is 4.39 Å². The van der Waals surface area contributed by atoms with Crippen molar-refractivity contribution in [2.45, 2.75) is 12.6 Å². The molecule has 88 valence electrons. The summed E-state index contributed by atoms with van der Waals surface area (Å²) >= 11 is 0. The normalized spacial score (nSPS) is 22.2. The quantitative estimate of drug-likeness (QED) is 0.832. The molecule has 0 bridgehead atoms. The van der Waals surface area contributed by atoms with E-state index in [9.17, 15) is 4.39 Å². The first-order valence-corrected chi connectivity index (χ1v) is 5.56. The molecule has 1 aromatic rings. The number of nitrogens with zero attached hydrogens (tertiary/aromatic N) is 1. The Labute approximate surface area is 95.0 Å². The minimum absolute atomic E-state index is 0.113. The average Bonchev–Trinajstić information content (AvgIpc) is 2.29. The maximum Gasteiger partial charge on any atom is 0.123 e. The summed E-state index contributed by atoms with van der Waals surface area (Å²) in [4.78, 5) is 2.25. The average molecular weight is 224 g/mol. The standard InChI is InChI=1S/C12H17FN2O/c13-11-3-1-2-10(6-11)8-15-4-5-16-12(7-14)9-15/h1-3,6,12H,4-5,7-9,14H2. The van der Waals surface area contributed by atoms with Crippen molar-refractivity contribution in [3.8, 4) is 0 Å². The summed E-state index contributed by atoms with van der Waals surface area (Å²) in [5.74, 6) is -0.180. The van der Waals surface area contributed by atoms with Crippen LogP contribution >= 0.6 is 0 Å². The number of halogens is 1. The molecule has 1 fully saturated rings. The van der Waals surface area contributed by atoms with Gasteiger partial charge in [0.1, 0.15) is 5.82 Å². The van der Waals surface area contributed by atoms with Crippen LogP contribution in [0.2, 0.25) is 0 Å². The number of morpholine rings is 1. The second kappa shape index (κ2) is 5.39. The van der Waals surface area contributed by atoms with Crippen molar-refractivity contribution in [2.75, 3.05) is 26.2 Å². The lowest BCUT2D eigenvalue weighted by Gasteiger charge is -2.32. The van der Waals surface area contributed by atoms with E-state index in [1.165, 1.54) is 6.07 Å². The van der Waals surface area contributed by atoms with Crippen LogP contribution in [0.15, 0.2) is 24.3 Å². The largest absolute Gasteiger partial charge is 0.374 e. The Bertz CT molecular complexity index is 346. The van der Waals surface area contributed by atoms with Gasteiger partial charge >= 0.3 is 0 Å². The van der Waals surface area contributed by atoms with Gasteiger partial charge in [-0.15, -0.1) is 0 Å². The molecule has 1 aliphatic rings. The fraction of sp³-hybridized carbons (Fsp3) is 0.500. The zero-order chi connectivity index (χ0) is 11.4. The van der Waals surface area contributed by atoms with Crippen LogP contribution < -0.4 is 5.73 Å². The van der Waals surface area contributed by atoms with E-state index in [1.54, 1.807) is 12.1 Å². The highest BCUT2D eigenvalue weighted by molar-refractivity contribution is 5.16. The maximum atomic E-state index is 13.0. The summed E-state index contributed by atoms with van der Waals surface area (Å²) in [5.41, 5.74) is 6.57. The number of nitrogens with two attached hydrogens (primary N) is 1. The molecule has 4 heteroatoms. The van der Waals surface area contributed by atoms with E-state index in [0.717, 1.165) is 25.2 Å². The van der Waals surface area contributed by atoms with Crippen molar-refractivity contribution < 1.29 is 9.13 Å². The first-order chi connectivity index (χ1) is 7.78. The predicted octanol–water partition coefficient (Wildman–Crippen LogP) is 0.985. The van der Waals surface area contributed by atoms with E-state index >= 15 is 0 Å². The Balaban J connectivity index is 1.94. The summed E-state index contributed by atoms with van der Waals surface area (Å²) in [6.07, 6.45) is 0.113. The molecule has 1 aliphatic heterocycles. The second-order valence-electron chi connectivity index (χ2n) is 4.09. The highest BCUT2D eigenvalue weighted by Gasteiger charge is 2.18. The van der Waals surface area contributed by atoms with E-state index in [2.05, 4.69) is 4.90 Å². The molecule has 1 atom stereocenters. The molecular weight excluding hydrogens is 207 g/mol. The van der Waals surface area contributed by atoms with Gasteiger partial charge in [-0.1, -0.05) is 12.1 Å². The van der Waals surface area contributed by atoms with Crippen molar-refractivity contribution in [1.29, 1.82) is 0 Å². The first-order valence-electron chi connectivity index (χ1n) is 5.56. The van der Waals surface area contributed by atoms with Gasteiger partial charge in [0.15, 0.2) is 0 Å². The van der Waals surface area contributed by atoms with Crippen molar-refractivity contribution in [2.24, 2.45) is 5.73 Å². The molecule has 0 aromatic heterocycles. The van der Waals surface area contributed by atoms with Crippen LogP contribution in [0.4, 0.5) is 4.39 Å². The van der Waals surface area contributed by atoms with Crippen LogP contribution in [0.25, 0.3) is 0 Å². The molecule has 1 aromatic carbocycles. The molecule has 0 saturated carbocycles. The molecule has 1 saturated heterocycles. The monoisotopic (exact) mass is 224 g/mol. The van der Waals surface area contributed by atoms with E-state index in [1.807, 2.05) is 6.07 Å². The molecule has 0 radical (unpaired) electrons. The number of benzene rings is 1. The zero-order valence-electron chi connectivity index (χ0n) is 9.23. The molecule has 0 aliphatic carbocycles. The first kappa shape index (κ1) is 11.5. The Morgan fingerprint density at radius 1 is 1.50 bits per heavy atom. The van der Waals surface area contributed by atoms with Crippen LogP contribution in [-0.2, 0) is 11.3 Å². The Morgan fingerprint density at radius 2 is 2.38 bits per heavy atom. The van der Waals surface area contributed by atoms with Crippen molar-refractivity contribution in [3.05, 3.63) is 35.6 Å². The summed E-state index contributed by atoms with van der Waals surface area (Å²) in [7, 11) is 0. The fourth-order valence-electron chi connectivity index (χ4n) is 1.96. The zero-order valence-corrected chi connectivity index (χ0v) is 9.23. The second-order valence-corrected chi connectivity index (χ2v) is 4.09. The lowest BCUT2D eigenvalue weighted by Crippen LogP contribution is -2.45. The van der Waals surface area contributed by atoms with Crippen LogP contribution in [0.5, 0.6) is 0 Å². The summed E-state index contributed by atoms with van der Waals surface area (Å²) in [6.45, 7) is 3.72.